The van der Waals surface area contributed by atoms with E-state index in [1.807, 2.05) is 47.1 Å². The smallest absolute Gasteiger partial charge is 0.251 e. The van der Waals surface area contributed by atoms with Crippen molar-refractivity contribution in [3.8, 4) is 11.4 Å². The number of carbonyl (C=O) groups is 1. The molecule has 0 atom stereocenters. The Hall–Kier alpha value is -3.02. The van der Waals surface area contributed by atoms with Gasteiger partial charge in [-0.15, -0.1) is 0 Å². The van der Waals surface area contributed by atoms with Crippen molar-refractivity contribution in [2.75, 3.05) is 6.54 Å². The van der Waals surface area contributed by atoms with Crippen molar-refractivity contribution >= 4 is 5.91 Å². The van der Waals surface area contributed by atoms with Crippen LogP contribution in [0.1, 0.15) is 35.8 Å². The molecule has 0 aliphatic heterocycles. The SMILES string of the molecule is CCCn1ncnc1-c1cccc(C(=O)NCCCc2ccccn2)c1. The fourth-order valence-electron chi connectivity index (χ4n) is 2.78. The number of rotatable bonds is 8. The molecule has 2 aromatic heterocycles. The molecule has 0 radical (unpaired) electrons. The maximum absolute atomic E-state index is 12.4. The summed E-state index contributed by atoms with van der Waals surface area (Å²) in [7, 11) is 0. The van der Waals surface area contributed by atoms with Crippen molar-refractivity contribution in [2.24, 2.45) is 0 Å². The first kappa shape index (κ1) is 17.8. The number of benzene rings is 1. The van der Waals surface area contributed by atoms with Crippen LogP contribution in [0.5, 0.6) is 0 Å². The Morgan fingerprint density at radius 2 is 2.08 bits per heavy atom. The quantitative estimate of drug-likeness (QED) is 0.634. The summed E-state index contributed by atoms with van der Waals surface area (Å²) in [6.07, 6.45) is 6.02. The fraction of sp³-hybridized carbons (Fsp3) is 0.300. The molecule has 0 unspecified atom stereocenters. The summed E-state index contributed by atoms with van der Waals surface area (Å²) < 4.78 is 1.86. The molecule has 0 bridgehead atoms. The standard InChI is InChI=1S/C20H23N5O/c1-2-13-25-19(23-15-24-25)16-7-5-8-17(14-16)20(26)22-12-6-10-18-9-3-4-11-21-18/h3-5,7-9,11,14-15H,2,6,10,12-13H2,1H3,(H,22,26). The maximum Gasteiger partial charge on any atom is 0.251 e. The van der Waals surface area contributed by atoms with E-state index in [9.17, 15) is 4.79 Å². The topological polar surface area (TPSA) is 72.7 Å². The molecule has 2 heterocycles. The molecule has 0 spiro atoms. The van der Waals surface area contributed by atoms with Crippen LogP contribution in [0.3, 0.4) is 0 Å². The highest BCUT2D eigenvalue weighted by atomic mass is 16.1. The molecule has 3 rings (SSSR count). The molecule has 134 valence electrons. The lowest BCUT2D eigenvalue weighted by atomic mass is 10.1. The molecule has 1 amide bonds. The van der Waals surface area contributed by atoms with E-state index < -0.39 is 0 Å². The van der Waals surface area contributed by atoms with Gasteiger partial charge in [0.05, 0.1) is 0 Å². The van der Waals surface area contributed by atoms with E-state index in [4.69, 9.17) is 0 Å². The Balaban J connectivity index is 1.58. The van der Waals surface area contributed by atoms with Crippen molar-refractivity contribution in [1.29, 1.82) is 0 Å². The third kappa shape index (κ3) is 4.53. The number of nitrogens with one attached hydrogen (secondary N) is 1. The van der Waals surface area contributed by atoms with Crippen molar-refractivity contribution in [1.82, 2.24) is 25.1 Å². The number of aromatic nitrogens is 4. The van der Waals surface area contributed by atoms with Gasteiger partial charge in [0.15, 0.2) is 5.82 Å². The molecule has 0 saturated heterocycles. The van der Waals surface area contributed by atoms with Crippen molar-refractivity contribution in [2.45, 2.75) is 32.7 Å². The van der Waals surface area contributed by atoms with Crippen LogP contribution in [0.15, 0.2) is 55.0 Å². The first-order valence-electron chi connectivity index (χ1n) is 8.94. The summed E-state index contributed by atoms with van der Waals surface area (Å²) in [4.78, 5) is 21.0. The van der Waals surface area contributed by atoms with Crippen LogP contribution in [0.4, 0.5) is 0 Å². The average molecular weight is 349 g/mol. The second-order valence-corrected chi connectivity index (χ2v) is 6.07. The number of pyridine rings is 1. The maximum atomic E-state index is 12.4. The van der Waals surface area contributed by atoms with Gasteiger partial charge in [0.1, 0.15) is 6.33 Å². The van der Waals surface area contributed by atoms with Crippen molar-refractivity contribution < 1.29 is 4.79 Å². The lowest BCUT2D eigenvalue weighted by Crippen LogP contribution is -2.24. The molecule has 0 aliphatic carbocycles. The van der Waals surface area contributed by atoms with E-state index >= 15 is 0 Å². The number of amides is 1. The van der Waals surface area contributed by atoms with Crippen LogP contribution in [-0.2, 0) is 13.0 Å². The Labute approximate surface area is 153 Å². The lowest BCUT2D eigenvalue weighted by Gasteiger charge is -2.08. The Kier molecular flexibility index (Phi) is 6.09. The molecule has 1 aromatic carbocycles. The van der Waals surface area contributed by atoms with Crippen LogP contribution in [0.25, 0.3) is 11.4 Å². The van der Waals surface area contributed by atoms with E-state index in [1.54, 1.807) is 12.5 Å². The molecular weight excluding hydrogens is 326 g/mol. The van der Waals surface area contributed by atoms with E-state index in [1.165, 1.54) is 0 Å². The first-order valence-corrected chi connectivity index (χ1v) is 8.94. The number of carbonyl (C=O) groups excluding carboxylic acids is 1. The third-order valence-electron chi connectivity index (χ3n) is 4.06. The Morgan fingerprint density at radius 3 is 2.88 bits per heavy atom. The minimum atomic E-state index is -0.0746. The molecular formula is C20H23N5O. The minimum Gasteiger partial charge on any atom is -0.352 e. The molecule has 6 nitrogen and oxygen atoms in total. The zero-order valence-corrected chi connectivity index (χ0v) is 14.9. The predicted molar refractivity (Wildman–Crippen MR) is 101 cm³/mol. The summed E-state index contributed by atoms with van der Waals surface area (Å²) in [6, 6.07) is 13.4. The van der Waals surface area contributed by atoms with Crippen LogP contribution in [0.2, 0.25) is 0 Å². The van der Waals surface area contributed by atoms with E-state index in [-0.39, 0.29) is 5.91 Å². The zero-order valence-electron chi connectivity index (χ0n) is 14.9. The van der Waals surface area contributed by atoms with Gasteiger partial charge in [-0.3, -0.25) is 9.78 Å². The van der Waals surface area contributed by atoms with Crippen molar-refractivity contribution in [3.63, 3.8) is 0 Å². The summed E-state index contributed by atoms with van der Waals surface area (Å²) in [5.41, 5.74) is 2.57. The molecule has 6 heteroatoms. The van der Waals surface area contributed by atoms with Crippen LogP contribution in [0, 0.1) is 0 Å². The summed E-state index contributed by atoms with van der Waals surface area (Å²) in [5.74, 6) is 0.714. The number of nitrogens with zero attached hydrogens (tertiary/aromatic N) is 4. The van der Waals surface area contributed by atoms with E-state index in [0.29, 0.717) is 12.1 Å². The van der Waals surface area contributed by atoms with Crippen LogP contribution in [-0.4, -0.2) is 32.2 Å². The largest absolute Gasteiger partial charge is 0.352 e. The van der Waals surface area contributed by atoms with Gasteiger partial charge in [-0.1, -0.05) is 25.1 Å². The van der Waals surface area contributed by atoms with E-state index in [2.05, 4.69) is 27.3 Å². The van der Waals surface area contributed by atoms with Gasteiger partial charge in [-0.2, -0.15) is 5.10 Å². The molecule has 0 fully saturated rings. The average Bonchev–Trinajstić information content (AvgIpc) is 3.15. The molecule has 0 aliphatic rings. The van der Waals surface area contributed by atoms with Gasteiger partial charge >= 0.3 is 0 Å². The highest BCUT2D eigenvalue weighted by Gasteiger charge is 2.10. The normalized spacial score (nSPS) is 10.7. The number of hydrogen-bond donors (Lipinski definition) is 1. The third-order valence-corrected chi connectivity index (χ3v) is 4.06. The van der Waals surface area contributed by atoms with Gasteiger partial charge in [-0.25, -0.2) is 9.67 Å². The van der Waals surface area contributed by atoms with E-state index in [0.717, 1.165) is 42.9 Å². The van der Waals surface area contributed by atoms with Gasteiger partial charge < -0.3 is 5.32 Å². The van der Waals surface area contributed by atoms with Gasteiger partial charge in [-0.05, 0) is 43.5 Å². The summed E-state index contributed by atoms with van der Waals surface area (Å²) in [6.45, 7) is 3.52. The van der Waals surface area contributed by atoms with Crippen molar-refractivity contribution in [3.05, 3.63) is 66.2 Å². The monoisotopic (exact) mass is 349 g/mol. The van der Waals surface area contributed by atoms with Gasteiger partial charge in [0.2, 0.25) is 0 Å². The number of aryl methyl sites for hydroxylation is 2. The molecule has 0 saturated carbocycles. The lowest BCUT2D eigenvalue weighted by molar-refractivity contribution is 0.0953. The second kappa shape index (κ2) is 8.89. The Bertz CT molecular complexity index is 844. The first-order chi connectivity index (χ1) is 12.8. The van der Waals surface area contributed by atoms with Crippen LogP contribution >= 0.6 is 0 Å². The molecule has 26 heavy (non-hydrogen) atoms. The predicted octanol–water partition coefficient (Wildman–Crippen LogP) is 3.11. The Morgan fingerprint density at radius 1 is 1.15 bits per heavy atom. The highest BCUT2D eigenvalue weighted by molar-refractivity contribution is 5.95. The molecule has 1 N–H and O–H groups in total. The molecule has 3 aromatic rings. The second-order valence-electron chi connectivity index (χ2n) is 6.07. The zero-order chi connectivity index (χ0) is 18.2. The minimum absolute atomic E-state index is 0.0746. The summed E-state index contributed by atoms with van der Waals surface area (Å²) >= 11 is 0. The highest BCUT2D eigenvalue weighted by Crippen LogP contribution is 2.18. The van der Waals surface area contributed by atoms with Crippen LogP contribution < -0.4 is 5.32 Å². The van der Waals surface area contributed by atoms with Gasteiger partial charge in [0, 0.05) is 36.1 Å². The summed E-state index contributed by atoms with van der Waals surface area (Å²) in [5, 5.41) is 7.22. The van der Waals surface area contributed by atoms with Gasteiger partial charge in [0.25, 0.3) is 5.91 Å². The fourth-order valence-corrected chi connectivity index (χ4v) is 2.78. The number of hydrogen-bond acceptors (Lipinski definition) is 4.